The third-order valence-corrected chi connectivity index (χ3v) is 13.6. The highest BCUT2D eigenvalue weighted by molar-refractivity contribution is 5.99. The molecule has 4 aromatic rings. The number of halogens is 2. The van der Waals surface area contributed by atoms with Crippen molar-refractivity contribution >= 4 is 46.2 Å². The predicted molar refractivity (Wildman–Crippen MR) is 236 cm³/mol. The van der Waals surface area contributed by atoms with Crippen molar-refractivity contribution in [3.8, 4) is 0 Å². The van der Waals surface area contributed by atoms with Gasteiger partial charge in [0.15, 0.2) is 0 Å². The summed E-state index contributed by atoms with van der Waals surface area (Å²) >= 11 is 0. The summed E-state index contributed by atoms with van der Waals surface area (Å²) in [7, 11) is 2.12. The van der Waals surface area contributed by atoms with Crippen LogP contribution in [0.4, 0.5) is 37.2 Å². The summed E-state index contributed by atoms with van der Waals surface area (Å²) in [6.45, 7) is 10.1. The number of carbonyl (C=O) groups is 3. The average molecular weight is 831 g/mol. The highest BCUT2D eigenvalue weighted by Gasteiger charge is 2.38. The summed E-state index contributed by atoms with van der Waals surface area (Å²) < 4.78 is 28.9. The molecule has 3 amide bonds. The zero-order valence-corrected chi connectivity index (χ0v) is 35.3. The van der Waals surface area contributed by atoms with Gasteiger partial charge in [-0.05, 0) is 112 Å². The summed E-state index contributed by atoms with van der Waals surface area (Å²) in [4.78, 5) is 49.9. The second-order valence-electron chi connectivity index (χ2n) is 17.8. The molecule has 5 unspecified atom stereocenters. The number of likely N-dealkylation sites (N-methyl/N-ethyl adjacent to an activating group) is 1. The molecule has 320 valence electrons. The Morgan fingerprint density at radius 2 is 1.31 bits per heavy atom. The number of hydrogen-bond donors (Lipinski definition) is 4. The van der Waals surface area contributed by atoms with Gasteiger partial charge in [0.1, 0.15) is 23.7 Å². The lowest BCUT2D eigenvalue weighted by molar-refractivity contribution is -0.138. The minimum Gasteiger partial charge on any atom is -0.373 e. The van der Waals surface area contributed by atoms with E-state index < -0.39 is 12.1 Å². The maximum atomic E-state index is 14.5. The number of carbonyl (C=O) groups excluding carboxylic acids is 3. The van der Waals surface area contributed by atoms with Crippen molar-refractivity contribution < 1.29 is 23.2 Å². The SMILES string of the molecule is Cc1ccc(F)c2c1NC(C(=O)Nc1cccc(C3CCCN(C4CC(C(=O)N5CCN(c6cccc(NC(=O)C7Cc8c(F)ccc(C)c8N7)c6)CC5)CN(C)C4)C3)c1)C2. The average Bonchev–Trinajstić information content (AvgIpc) is 3.95. The number of hydrogen-bond acceptors (Lipinski definition) is 8. The molecule has 3 saturated heterocycles. The zero-order chi connectivity index (χ0) is 42.4. The van der Waals surface area contributed by atoms with Crippen LogP contribution in [0.25, 0.3) is 0 Å². The van der Waals surface area contributed by atoms with Crippen molar-refractivity contribution in [2.45, 2.75) is 70.0 Å². The maximum absolute atomic E-state index is 14.5. The fourth-order valence-corrected chi connectivity index (χ4v) is 10.3. The number of anilines is 5. The minimum absolute atomic E-state index is 0.0760. The monoisotopic (exact) mass is 830 g/mol. The molecule has 4 aromatic carbocycles. The second-order valence-corrected chi connectivity index (χ2v) is 17.8. The molecule has 3 fully saturated rings. The molecule has 9 rings (SSSR count). The van der Waals surface area contributed by atoms with Crippen LogP contribution < -0.4 is 26.2 Å². The van der Waals surface area contributed by atoms with E-state index in [1.807, 2.05) is 55.1 Å². The first kappa shape index (κ1) is 40.9. The van der Waals surface area contributed by atoms with E-state index in [-0.39, 0.29) is 41.3 Å². The van der Waals surface area contributed by atoms with Gasteiger partial charge in [-0.3, -0.25) is 19.3 Å². The number of fused-ring (bicyclic) bond motifs is 2. The number of nitrogens with zero attached hydrogens (tertiary/aromatic N) is 4. The minimum atomic E-state index is -0.546. The first-order valence-corrected chi connectivity index (χ1v) is 21.8. The number of likely N-dealkylation sites (tertiary alicyclic amines) is 2. The van der Waals surface area contributed by atoms with Gasteiger partial charge in [0.2, 0.25) is 17.7 Å². The number of piperidine rings is 2. The fourth-order valence-electron chi connectivity index (χ4n) is 10.3. The molecule has 5 aliphatic heterocycles. The molecule has 0 spiro atoms. The molecule has 61 heavy (non-hydrogen) atoms. The summed E-state index contributed by atoms with van der Waals surface area (Å²) in [5.41, 5.74) is 8.01. The lowest BCUT2D eigenvalue weighted by atomic mass is 9.86. The van der Waals surface area contributed by atoms with E-state index in [0.29, 0.717) is 67.4 Å². The summed E-state index contributed by atoms with van der Waals surface area (Å²) in [5.74, 6) is -0.490. The van der Waals surface area contributed by atoms with E-state index >= 15 is 0 Å². The van der Waals surface area contributed by atoms with Crippen molar-refractivity contribution in [2.24, 2.45) is 5.92 Å². The van der Waals surface area contributed by atoms with E-state index in [0.717, 1.165) is 73.6 Å². The summed E-state index contributed by atoms with van der Waals surface area (Å²) in [6, 6.07) is 21.5. The van der Waals surface area contributed by atoms with Crippen LogP contribution in [0.5, 0.6) is 0 Å². The molecule has 11 nitrogen and oxygen atoms in total. The molecule has 5 aliphatic rings. The quantitative estimate of drug-likeness (QED) is 0.162. The highest BCUT2D eigenvalue weighted by atomic mass is 19.1. The van der Waals surface area contributed by atoms with Crippen LogP contribution in [0.1, 0.15) is 53.0 Å². The van der Waals surface area contributed by atoms with Gasteiger partial charge in [-0.2, -0.15) is 0 Å². The second kappa shape index (κ2) is 17.1. The molecule has 13 heteroatoms. The summed E-state index contributed by atoms with van der Waals surface area (Å²) in [5, 5.41) is 12.6. The van der Waals surface area contributed by atoms with Crippen molar-refractivity contribution in [3.05, 3.63) is 112 Å². The Labute approximate surface area is 356 Å². The number of benzene rings is 4. The number of rotatable bonds is 8. The van der Waals surface area contributed by atoms with Crippen molar-refractivity contribution in [1.29, 1.82) is 0 Å². The molecular weight excluding hydrogens is 775 g/mol. The van der Waals surface area contributed by atoms with E-state index in [1.54, 1.807) is 12.1 Å². The Balaban J connectivity index is 0.769. The van der Waals surface area contributed by atoms with Crippen LogP contribution in [0.15, 0.2) is 72.8 Å². The van der Waals surface area contributed by atoms with Gasteiger partial charge in [-0.15, -0.1) is 0 Å². The largest absolute Gasteiger partial charge is 0.373 e. The molecule has 0 radical (unpaired) electrons. The summed E-state index contributed by atoms with van der Waals surface area (Å²) in [6.07, 6.45) is 3.58. The Morgan fingerprint density at radius 1 is 0.705 bits per heavy atom. The third kappa shape index (κ3) is 8.55. The topological polar surface area (TPSA) is 112 Å². The van der Waals surface area contributed by atoms with Crippen LogP contribution in [-0.4, -0.2) is 110 Å². The first-order valence-electron chi connectivity index (χ1n) is 21.8. The number of nitrogens with one attached hydrogen (secondary N) is 4. The normalized spacial score (nSPS) is 24.0. The highest BCUT2D eigenvalue weighted by Crippen LogP contribution is 2.35. The molecular formula is C48H56F2N8O3. The Bertz CT molecular complexity index is 2270. The maximum Gasteiger partial charge on any atom is 0.247 e. The molecule has 0 aliphatic carbocycles. The van der Waals surface area contributed by atoms with Gasteiger partial charge in [0.25, 0.3) is 0 Å². The Hall–Kier alpha value is -5.53. The zero-order valence-electron chi connectivity index (χ0n) is 35.3. The Morgan fingerprint density at radius 3 is 1.93 bits per heavy atom. The lowest BCUT2D eigenvalue weighted by Crippen LogP contribution is -2.57. The van der Waals surface area contributed by atoms with E-state index in [9.17, 15) is 23.2 Å². The smallest absolute Gasteiger partial charge is 0.247 e. The van der Waals surface area contributed by atoms with Crippen LogP contribution in [0, 0.1) is 31.4 Å². The van der Waals surface area contributed by atoms with E-state index in [2.05, 4.69) is 55.1 Å². The number of amides is 3. The van der Waals surface area contributed by atoms with E-state index in [1.165, 1.54) is 17.7 Å². The van der Waals surface area contributed by atoms with Gasteiger partial charge in [-0.25, -0.2) is 8.78 Å². The molecule has 0 saturated carbocycles. The number of aryl methyl sites for hydroxylation is 2. The van der Waals surface area contributed by atoms with Crippen molar-refractivity contribution in [1.82, 2.24) is 14.7 Å². The van der Waals surface area contributed by atoms with Gasteiger partial charge in [0, 0.05) is 104 Å². The molecule has 0 bridgehead atoms. The fraction of sp³-hybridized carbons (Fsp3) is 0.438. The van der Waals surface area contributed by atoms with Gasteiger partial charge < -0.3 is 36.0 Å². The van der Waals surface area contributed by atoms with Gasteiger partial charge >= 0.3 is 0 Å². The standard InChI is InChI=1S/C48H56F2N8O3/c1-29-12-14-40(49)38-24-42(53-44(29)38)46(59)51-34-9-4-7-31(21-34)32-8-6-16-58(27-32)37-22-33(26-55(3)28-37)48(61)57-19-17-56(18-20-57)36-11-5-10-35(23-36)52-47(60)43-25-39-41(50)15-13-30(2)45(39)54-43/h4-5,7,9-15,21,23,32-33,37,42-43,53-54H,6,8,16-20,22,24-28H2,1-3H3,(H,51,59)(H,52,60). The Kier molecular flexibility index (Phi) is 11.4. The van der Waals surface area contributed by atoms with Crippen LogP contribution in [0.3, 0.4) is 0 Å². The van der Waals surface area contributed by atoms with Gasteiger partial charge in [-0.1, -0.05) is 30.3 Å². The van der Waals surface area contributed by atoms with E-state index in [4.69, 9.17) is 0 Å². The first-order chi connectivity index (χ1) is 29.5. The molecule has 4 N–H and O–H groups in total. The van der Waals surface area contributed by atoms with Gasteiger partial charge in [0.05, 0.1) is 5.92 Å². The van der Waals surface area contributed by atoms with Crippen LogP contribution in [-0.2, 0) is 27.2 Å². The third-order valence-electron chi connectivity index (χ3n) is 13.6. The molecule has 5 heterocycles. The molecule has 0 aromatic heterocycles. The van der Waals surface area contributed by atoms with Crippen molar-refractivity contribution in [3.63, 3.8) is 0 Å². The molecule has 5 atom stereocenters. The van der Waals surface area contributed by atoms with Crippen LogP contribution >= 0.6 is 0 Å². The lowest BCUT2D eigenvalue weighted by Gasteiger charge is -2.45. The van der Waals surface area contributed by atoms with Crippen LogP contribution in [0.2, 0.25) is 0 Å². The van der Waals surface area contributed by atoms with Crippen molar-refractivity contribution in [2.75, 3.05) is 85.6 Å². The number of piperazine rings is 1. The predicted octanol–water partition coefficient (Wildman–Crippen LogP) is 6.38.